The van der Waals surface area contributed by atoms with E-state index in [1.54, 1.807) is 0 Å². The van der Waals surface area contributed by atoms with Crippen LogP contribution >= 0.6 is 0 Å². The van der Waals surface area contributed by atoms with E-state index in [0.717, 1.165) is 44.3 Å². The second kappa shape index (κ2) is 7.24. The third kappa shape index (κ3) is 3.35. The number of carbonyl (C=O) groups is 1. The summed E-state index contributed by atoms with van der Waals surface area (Å²) in [5.41, 5.74) is 6.55. The maximum Gasteiger partial charge on any atom is 0.228 e. The molecular formula is C20H31N3O. The van der Waals surface area contributed by atoms with Crippen molar-refractivity contribution in [3.8, 4) is 0 Å². The van der Waals surface area contributed by atoms with Gasteiger partial charge >= 0.3 is 0 Å². The third-order valence-corrected chi connectivity index (χ3v) is 6.21. The number of amides is 1. The van der Waals surface area contributed by atoms with Crippen molar-refractivity contribution in [3.05, 3.63) is 35.9 Å². The molecule has 1 saturated carbocycles. The molecule has 1 aliphatic carbocycles. The highest BCUT2D eigenvalue weighted by Crippen LogP contribution is 2.45. The van der Waals surface area contributed by atoms with E-state index in [4.69, 9.17) is 5.73 Å². The summed E-state index contributed by atoms with van der Waals surface area (Å²) in [6, 6.07) is 10.3. The smallest absolute Gasteiger partial charge is 0.228 e. The van der Waals surface area contributed by atoms with Gasteiger partial charge in [0.05, 0.1) is 11.1 Å². The number of rotatable bonds is 6. The molecule has 4 heteroatoms. The van der Waals surface area contributed by atoms with Crippen LogP contribution < -0.4 is 16.4 Å². The Hall–Kier alpha value is -1.39. The summed E-state index contributed by atoms with van der Waals surface area (Å²) in [6.45, 7) is 4.15. The van der Waals surface area contributed by atoms with Crippen molar-refractivity contribution in [1.82, 2.24) is 10.6 Å². The molecule has 0 bridgehead atoms. The molecule has 1 unspecified atom stereocenters. The fourth-order valence-corrected chi connectivity index (χ4v) is 4.74. The molecule has 0 spiro atoms. The van der Waals surface area contributed by atoms with Gasteiger partial charge in [-0.2, -0.15) is 0 Å². The summed E-state index contributed by atoms with van der Waals surface area (Å²) in [7, 11) is 0. The standard InChI is InChI=1S/C20H31N3O/c1-19(22-14-15-23-19)12-13-20(18(21)24,16-8-4-2-5-9-16)17-10-6-3-7-11-17/h2,4-5,8-9,17,22-23H,3,6-7,10-15H2,1H3,(H2,21,24). The Morgan fingerprint density at radius 2 is 1.79 bits per heavy atom. The van der Waals surface area contributed by atoms with Crippen molar-refractivity contribution in [1.29, 1.82) is 0 Å². The molecule has 1 aromatic carbocycles. The van der Waals surface area contributed by atoms with Crippen LogP contribution in [-0.2, 0) is 10.2 Å². The lowest BCUT2D eigenvalue weighted by Gasteiger charge is -2.42. The molecule has 1 aliphatic heterocycles. The van der Waals surface area contributed by atoms with Crippen molar-refractivity contribution in [3.63, 3.8) is 0 Å². The predicted molar refractivity (Wildman–Crippen MR) is 97.5 cm³/mol. The summed E-state index contributed by atoms with van der Waals surface area (Å²) in [5.74, 6) is 0.207. The Kier molecular flexibility index (Phi) is 5.26. The number of carbonyl (C=O) groups excluding carboxylic acids is 1. The maximum absolute atomic E-state index is 12.8. The lowest BCUT2D eigenvalue weighted by molar-refractivity contribution is -0.126. The van der Waals surface area contributed by atoms with Gasteiger partial charge < -0.3 is 5.73 Å². The Morgan fingerprint density at radius 3 is 2.38 bits per heavy atom. The van der Waals surface area contributed by atoms with E-state index in [0.29, 0.717) is 5.92 Å². The quantitative estimate of drug-likeness (QED) is 0.752. The van der Waals surface area contributed by atoms with Crippen LogP contribution in [0.5, 0.6) is 0 Å². The Bertz CT molecular complexity index is 547. The lowest BCUT2D eigenvalue weighted by Crippen LogP contribution is -2.52. The van der Waals surface area contributed by atoms with Gasteiger partial charge in [0.15, 0.2) is 0 Å². The maximum atomic E-state index is 12.8. The molecule has 3 rings (SSSR count). The van der Waals surface area contributed by atoms with Crippen LogP contribution in [0.4, 0.5) is 0 Å². The number of benzene rings is 1. The fourth-order valence-electron chi connectivity index (χ4n) is 4.74. The van der Waals surface area contributed by atoms with E-state index in [2.05, 4.69) is 29.7 Å². The van der Waals surface area contributed by atoms with Gasteiger partial charge in [-0.3, -0.25) is 15.4 Å². The average Bonchev–Trinajstić information content (AvgIpc) is 3.04. The zero-order chi connectivity index (χ0) is 17.0. The molecule has 24 heavy (non-hydrogen) atoms. The lowest BCUT2D eigenvalue weighted by atomic mass is 9.62. The molecule has 1 aromatic rings. The Labute approximate surface area is 145 Å². The normalized spacial score (nSPS) is 23.7. The van der Waals surface area contributed by atoms with Gasteiger partial charge in [-0.25, -0.2) is 0 Å². The Morgan fingerprint density at radius 1 is 1.17 bits per heavy atom. The molecule has 1 saturated heterocycles. The number of nitrogens with two attached hydrogens (primary N) is 1. The van der Waals surface area contributed by atoms with Crippen LogP contribution in [0.3, 0.4) is 0 Å². The molecule has 0 radical (unpaired) electrons. The molecule has 2 aliphatic rings. The SMILES string of the molecule is CC1(CCC(C(N)=O)(c2ccccc2)C2CCCCC2)NCCN1. The van der Waals surface area contributed by atoms with Gasteiger partial charge in [-0.05, 0) is 44.1 Å². The Balaban J connectivity index is 1.93. The summed E-state index contributed by atoms with van der Waals surface area (Å²) >= 11 is 0. The van der Waals surface area contributed by atoms with Gasteiger partial charge in [-0.1, -0.05) is 49.6 Å². The molecule has 4 N–H and O–H groups in total. The topological polar surface area (TPSA) is 67.2 Å². The molecule has 2 fully saturated rings. The van der Waals surface area contributed by atoms with E-state index < -0.39 is 5.41 Å². The van der Waals surface area contributed by atoms with Gasteiger partial charge in [0.1, 0.15) is 0 Å². The molecular weight excluding hydrogens is 298 g/mol. The van der Waals surface area contributed by atoms with E-state index in [1.807, 2.05) is 18.2 Å². The third-order valence-electron chi connectivity index (χ3n) is 6.21. The van der Waals surface area contributed by atoms with Crippen molar-refractivity contribution >= 4 is 5.91 Å². The van der Waals surface area contributed by atoms with Crippen molar-refractivity contribution in [2.75, 3.05) is 13.1 Å². The van der Waals surface area contributed by atoms with Gasteiger partial charge in [-0.15, -0.1) is 0 Å². The van der Waals surface area contributed by atoms with Crippen LogP contribution in [0.15, 0.2) is 30.3 Å². The minimum absolute atomic E-state index is 0.0931. The van der Waals surface area contributed by atoms with Crippen LogP contribution in [0.1, 0.15) is 57.4 Å². The van der Waals surface area contributed by atoms with Crippen molar-refractivity contribution < 1.29 is 4.79 Å². The molecule has 132 valence electrons. The zero-order valence-electron chi connectivity index (χ0n) is 14.8. The summed E-state index contributed by atoms with van der Waals surface area (Å²) in [5, 5.41) is 7.07. The van der Waals surface area contributed by atoms with E-state index >= 15 is 0 Å². The van der Waals surface area contributed by atoms with E-state index in [1.165, 1.54) is 19.3 Å². The second-order valence-electron chi connectivity index (χ2n) is 7.72. The minimum atomic E-state index is -0.545. The number of hydrogen-bond acceptors (Lipinski definition) is 3. The first kappa shape index (κ1) is 17.4. The van der Waals surface area contributed by atoms with Crippen molar-refractivity contribution in [2.24, 2.45) is 11.7 Å². The summed E-state index contributed by atoms with van der Waals surface area (Å²) < 4.78 is 0. The largest absolute Gasteiger partial charge is 0.369 e. The first-order valence-electron chi connectivity index (χ1n) is 9.42. The first-order valence-corrected chi connectivity index (χ1v) is 9.42. The molecule has 1 atom stereocenters. The van der Waals surface area contributed by atoms with E-state index in [-0.39, 0.29) is 11.6 Å². The minimum Gasteiger partial charge on any atom is -0.369 e. The van der Waals surface area contributed by atoms with Crippen LogP contribution in [0.2, 0.25) is 0 Å². The van der Waals surface area contributed by atoms with E-state index in [9.17, 15) is 4.79 Å². The highest BCUT2D eigenvalue weighted by Gasteiger charge is 2.47. The van der Waals surface area contributed by atoms with Gasteiger partial charge in [0.2, 0.25) is 5.91 Å². The van der Waals surface area contributed by atoms with Gasteiger partial charge in [0.25, 0.3) is 0 Å². The molecule has 4 nitrogen and oxygen atoms in total. The highest BCUT2D eigenvalue weighted by atomic mass is 16.1. The summed E-state index contributed by atoms with van der Waals surface area (Å²) in [4.78, 5) is 12.8. The zero-order valence-corrected chi connectivity index (χ0v) is 14.8. The monoisotopic (exact) mass is 329 g/mol. The number of primary amides is 1. The predicted octanol–water partition coefficient (Wildman–Crippen LogP) is 2.68. The first-order chi connectivity index (χ1) is 11.6. The number of hydrogen-bond donors (Lipinski definition) is 3. The molecule has 0 aromatic heterocycles. The average molecular weight is 329 g/mol. The summed E-state index contributed by atoms with van der Waals surface area (Å²) in [6.07, 6.45) is 7.61. The second-order valence-corrected chi connectivity index (χ2v) is 7.72. The van der Waals surface area contributed by atoms with Crippen LogP contribution in [0, 0.1) is 5.92 Å². The number of nitrogens with one attached hydrogen (secondary N) is 2. The fraction of sp³-hybridized carbons (Fsp3) is 0.650. The highest BCUT2D eigenvalue weighted by molar-refractivity contribution is 5.87. The van der Waals surface area contributed by atoms with Crippen LogP contribution in [0.25, 0.3) is 0 Å². The molecule has 1 amide bonds. The van der Waals surface area contributed by atoms with Crippen LogP contribution in [-0.4, -0.2) is 24.7 Å². The van der Waals surface area contributed by atoms with Crippen molar-refractivity contribution in [2.45, 2.75) is 62.9 Å². The van der Waals surface area contributed by atoms with Gasteiger partial charge in [0, 0.05) is 13.1 Å². The molecule has 1 heterocycles.